The van der Waals surface area contributed by atoms with Crippen molar-refractivity contribution in [3.8, 4) is 12.1 Å². The molecule has 0 fully saturated rings. The van der Waals surface area contributed by atoms with Gasteiger partial charge in [0.05, 0.1) is 28.1 Å². The number of hydrogen-bond donors (Lipinski definition) is 2. The van der Waals surface area contributed by atoms with Gasteiger partial charge in [0.2, 0.25) is 5.95 Å². The van der Waals surface area contributed by atoms with E-state index in [9.17, 15) is 5.26 Å². The zero-order valence-electron chi connectivity index (χ0n) is 16.4. The van der Waals surface area contributed by atoms with Gasteiger partial charge in [0.25, 0.3) is 0 Å². The molecule has 3 heterocycles. The Labute approximate surface area is 184 Å². The van der Waals surface area contributed by atoms with Crippen molar-refractivity contribution in [2.24, 2.45) is 0 Å². The van der Waals surface area contributed by atoms with Crippen LogP contribution >= 0.6 is 11.8 Å². The smallest absolute Gasteiger partial charge is 0.223 e. The molecule has 3 aromatic rings. The third-order valence-corrected chi connectivity index (χ3v) is 5.43. The molecule has 7 nitrogen and oxygen atoms in total. The van der Waals surface area contributed by atoms with E-state index in [1.54, 1.807) is 30.6 Å². The summed E-state index contributed by atoms with van der Waals surface area (Å²) in [6.07, 6.45) is 6.01. The van der Waals surface area contributed by atoms with Gasteiger partial charge in [-0.2, -0.15) is 10.5 Å². The van der Waals surface area contributed by atoms with Crippen molar-refractivity contribution in [2.75, 3.05) is 11.9 Å². The summed E-state index contributed by atoms with van der Waals surface area (Å²) in [6.45, 7) is 0.658. The van der Waals surface area contributed by atoms with E-state index in [0.29, 0.717) is 34.4 Å². The number of allylic oxidation sites excluding steroid dienone is 1. The quantitative estimate of drug-likeness (QED) is 0.574. The van der Waals surface area contributed by atoms with Gasteiger partial charge >= 0.3 is 0 Å². The Bertz CT molecular complexity index is 1220. The highest BCUT2D eigenvalue weighted by Crippen LogP contribution is 2.34. The lowest BCUT2D eigenvalue weighted by Gasteiger charge is -2.09. The van der Waals surface area contributed by atoms with Crippen LogP contribution in [-0.2, 0) is 6.42 Å². The van der Waals surface area contributed by atoms with Crippen LogP contribution < -0.4 is 10.6 Å². The van der Waals surface area contributed by atoms with E-state index in [0.717, 1.165) is 23.2 Å². The number of aromatic nitrogens is 3. The summed E-state index contributed by atoms with van der Waals surface area (Å²) in [5, 5.41) is 27.9. The molecule has 0 atom stereocenters. The van der Waals surface area contributed by atoms with E-state index >= 15 is 0 Å². The maximum absolute atomic E-state index is 9.77. The number of hydrogen-bond acceptors (Lipinski definition) is 8. The summed E-state index contributed by atoms with van der Waals surface area (Å²) in [5.41, 5.74) is 4.54. The van der Waals surface area contributed by atoms with Crippen LogP contribution in [-0.4, -0.2) is 21.5 Å². The van der Waals surface area contributed by atoms with Crippen LogP contribution in [0.5, 0.6) is 0 Å². The predicted octanol–water partition coefficient (Wildman–Crippen LogP) is 3.93. The van der Waals surface area contributed by atoms with Crippen LogP contribution in [0.25, 0.3) is 11.3 Å². The van der Waals surface area contributed by atoms with E-state index in [1.807, 2.05) is 35.9 Å². The van der Waals surface area contributed by atoms with Crippen molar-refractivity contribution in [3.05, 3.63) is 93.9 Å². The molecule has 1 aliphatic heterocycles. The first kappa shape index (κ1) is 20.1. The largest absolute Gasteiger partial charge is 0.354 e. The molecule has 4 rings (SSSR count). The lowest BCUT2D eigenvalue weighted by atomic mass is 10.1. The summed E-state index contributed by atoms with van der Waals surface area (Å²) in [4.78, 5) is 12.9. The minimum atomic E-state index is 0.447. The van der Waals surface area contributed by atoms with Crippen molar-refractivity contribution in [2.45, 2.75) is 6.42 Å². The first-order chi connectivity index (χ1) is 15.3. The van der Waals surface area contributed by atoms with Crippen LogP contribution in [0.15, 0.2) is 71.5 Å². The summed E-state index contributed by atoms with van der Waals surface area (Å²) in [7, 11) is 0. The van der Waals surface area contributed by atoms with Gasteiger partial charge < -0.3 is 10.6 Å². The molecule has 150 valence electrons. The molecular weight excluding hydrogens is 406 g/mol. The van der Waals surface area contributed by atoms with E-state index < -0.39 is 0 Å². The first-order valence-corrected chi connectivity index (χ1v) is 10.4. The molecule has 0 radical (unpaired) electrons. The van der Waals surface area contributed by atoms with Crippen LogP contribution in [0.3, 0.4) is 0 Å². The molecule has 1 aliphatic rings. The lowest BCUT2D eigenvalue weighted by Crippen LogP contribution is -2.10. The first-order valence-electron chi connectivity index (χ1n) is 9.52. The highest BCUT2D eigenvalue weighted by Gasteiger charge is 2.18. The van der Waals surface area contributed by atoms with Crippen LogP contribution in [0.2, 0.25) is 0 Å². The standard InChI is InChI=1S/C23H17N7S/c24-12-16-3-5-18(6-4-16)21-15-31-22(29-21)19(13-25)20-8-11-28-23(30-20)27-10-7-17-2-1-9-26-14-17/h1-6,8-9,11,14-15,29H,7,10H2,(H,27,28,30)/b22-19-. The molecule has 2 N–H and O–H groups in total. The van der Waals surface area contributed by atoms with Crippen LogP contribution in [0.1, 0.15) is 22.4 Å². The van der Waals surface area contributed by atoms with Gasteiger partial charge in [-0.3, -0.25) is 4.98 Å². The maximum atomic E-state index is 9.77. The normalized spacial score (nSPS) is 14.1. The van der Waals surface area contributed by atoms with E-state index in [-0.39, 0.29) is 0 Å². The van der Waals surface area contributed by atoms with Crippen molar-refractivity contribution in [3.63, 3.8) is 0 Å². The fourth-order valence-electron chi connectivity index (χ4n) is 2.96. The Kier molecular flexibility index (Phi) is 6.22. The molecule has 2 aromatic heterocycles. The Balaban J connectivity index is 1.46. The maximum Gasteiger partial charge on any atom is 0.223 e. The number of nitrogens with zero attached hydrogens (tertiary/aromatic N) is 5. The van der Waals surface area contributed by atoms with Gasteiger partial charge in [0.15, 0.2) is 0 Å². The third kappa shape index (κ3) is 4.89. The van der Waals surface area contributed by atoms with E-state index in [1.165, 1.54) is 11.8 Å². The molecule has 8 heteroatoms. The average Bonchev–Trinajstić information content (AvgIpc) is 3.30. The molecular formula is C23H17N7S. The van der Waals surface area contributed by atoms with Gasteiger partial charge in [-0.05, 0) is 41.8 Å². The number of thioether (sulfide) groups is 1. The van der Waals surface area contributed by atoms with E-state index in [4.69, 9.17) is 5.26 Å². The van der Waals surface area contributed by atoms with Gasteiger partial charge in [-0.1, -0.05) is 30.0 Å². The molecule has 0 saturated carbocycles. The van der Waals surface area contributed by atoms with Crippen LogP contribution in [0.4, 0.5) is 5.95 Å². The second-order valence-electron chi connectivity index (χ2n) is 6.58. The van der Waals surface area contributed by atoms with Gasteiger partial charge in [-0.25, -0.2) is 9.97 Å². The zero-order chi connectivity index (χ0) is 21.5. The summed E-state index contributed by atoms with van der Waals surface area (Å²) >= 11 is 1.43. The van der Waals surface area contributed by atoms with Crippen molar-refractivity contribution in [1.82, 2.24) is 20.3 Å². The summed E-state index contributed by atoms with van der Waals surface area (Å²) in [6, 6.07) is 17.3. The van der Waals surface area contributed by atoms with Gasteiger partial charge in [0.1, 0.15) is 11.6 Å². The Morgan fingerprint density at radius 2 is 1.97 bits per heavy atom. The zero-order valence-corrected chi connectivity index (χ0v) is 17.2. The Morgan fingerprint density at radius 3 is 2.71 bits per heavy atom. The lowest BCUT2D eigenvalue weighted by molar-refractivity contribution is 0.971. The fraction of sp³-hybridized carbons (Fsp3) is 0.0870. The van der Waals surface area contributed by atoms with Crippen LogP contribution in [0, 0.1) is 22.7 Å². The summed E-state index contributed by atoms with van der Waals surface area (Å²) < 4.78 is 0. The second kappa shape index (κ2) is 9.57. The second-order valence-corrected chi connectivity index (χ2v) is 7.46. The van der Waals surface area contributed by atoms with Crippen molar-refractivity contribution < 1.29 is 0 Å². The number of benzene rings is 1. The van der Waals surface area contributed by atoms with Gasteiger partial charge in [0, 0.05) is 30.5 Å². The molecule has 0 spiro atoms. The SMILES string of the molecule is N#C/C(=C1\NC(c2ccc(C#N)cc2)=CS1)c1ccnc(NCCc2cccnc2)n1. The topological polar surface area (TPSA) is 110 Å². The molecule has 0 amide bonds. The monoisotopic (exact) mass is 423 g/mol. The number of nitriles is 2. The minimum Gasteiger partial charge on any atom is -0.354 e. The van der Waals surface area contributed by atoms with Crippen molar-refractivity contribution in [1.29, 1.82) is 10.5 Å². The highest BCUT2D eigenvalue weighted by molar-refractivity contribution is 8.06. The van der Waals surface area contributed by atoms with Crippen molar-refractivity contribution >= 4 is 29.0 Å². The molecule has 0 bridgehead atoms. The average molecular weight is 424 g/mol. The molecule has 1 aromatic carbocycles. The molecule has 0 aliphatic carbocycles. The summed E-state index contributed by atoms with van der Waals surface area (Å²) in [5.74, 6) is 0.470. The molecule has 31 heavy (non-hydrogen) atoms. The number of pyridine rings is 1. The molecule has 0 saturated heterocycles. The Hall–Kier alpha value is -4.14. The number of rotatable bonds is 6. The van der Waals surface area contributed by atoms with Gasteiger partial charge in [-0.15, -0.1) is 0 Å². The highest BCUT2D eigenvalue weighted by atomic mass is 32.2. The predicted molar refractivity (Wildman–Crippen MR) is 121 cm³/mol. The van der Waals surface area contributed by atoms with E-state index in [2.05, 4.69) is 37.7 Å². The minimum absolute atomic E-state index is 0.447. The number of anilines is 1. The molecule has 0 unspecified atom stereocenters. The number of nitrogens with one attached hydrogen (secondary N) is 2. The fourth-order valence-corrected chi connectivity index (χ4v) is 3.82. The third-order valence-electron chi connectivity index (χ3n) is 4.54. The Morgan fingerprint density at radius 1 is 1.10 bits per heavy atom.